The SMILES string of the molecule is [CH2]CC[SiH2]C(OCCC)OCCC. The first-order valence-corrected chi connectivity index (χ1v) is 7.19. The maximum Gasteiger partial charge on any atom is 0.134 e. The highest BCUT2D eigenvalue weighted by Gasteiger charge is 2.07. The van der Waals surface area contributed by atoms with Crippen molar-refractivity contribution in [2.75, 3.05) is 13.2 Å². The Hall–Kier alpha value is 0.137. The molecule has 2 nitrogen and oxygen atoms in total. The van der Waals surface area contributed by atoms with Crippen LogP contribution in [0.3, 0.4) is 0 Å². The molecule has 0 N–H and O–H groups in total. The van der Waals surface area contributed by atoms with Gasteiger partial charge in [0.15, 0.2) is 0 Å². The van der Waals surface area contributed by atoms with Gasteiger partial charge >= 0.3 is 0 Å². The molecule has 3 heteroatoms. The summed E-state index contributed by atoms with van der Waals surface area (Å²) in [6, 6.07) is 1.22. The van der Waals surface area contributed by atoms with Crippen molar-refractivity contribution >= 4 is 9.52 Å². The largest absolute Gasteiger partial charge is 0.357 e. The maximum absolute atomic E-state index is 5.61. The van der Waals surface area contributed by atoms with Crippen LogP contribution in [0.2, 0.25) is 6.04 Å². The van der Waals surface area contributed by atoms with Gasteiger partial charge in [0.05, 0.1) is 9.52 Å². The van der Waals surface area contributed by atoms with Gasteiger partial charge in [-0.05, 0) is 12.8 Å². The molecule has 0 saturated carbocycles. The van der Waals surface area contributed by atoms with E-state index in [1.807, 2.05) is 0 Å². The Morgan fingerprint density at radius 3 is 2.08 bits per heavy atom. The summed E-state index contributed by atoms with van der Waals surface area (Å²) in [5, 5.41) is 0. The smallest absolute Gasteiger partial charge is 0.134 e. The maximum atomic E-state index is 5.61. The summed E-state index contributed by atoms with van der Waals surface area (Å²) in [6.07, 6.45) is 3.17. The van der Waals surface area contributed by atoms with Crippen molar-refractivity contribution in [2.24, 2.45) is 0 Å². The highest BCUT2D eigenvalue weighted by molar-refractivity contribution is 6.36. The molecule has 0 spiro atoms. The average molecular weight is 203 g/mol. The molecule has 13 heavy (non-hydrogen) atoms. The lowest BCUT2D eigenvalue weighted by atomic mass is 10.5. The van der Waals surface area contributed by atoms with Gasteiger partial charge in [0.1, 0.15) is 5.91 Å². The van der Waals surface area contributed by atoms with E-state index in [1.165, 1.54) is 6.04 Å². The van der Waals surface area contributed by atoms with Crippen LogP contribution in [0.4, 0.5) is 0 Å². The standard InChI is InChI=1S/C10H23O2Si/c1-4-7-11-10(12-8-5-2)13-9-6-3/h10H,3-9,13H2,1-2H3. The Kier molecular flexibility index (Phi) is 10.3. The number of rotatable bonds is 9. The first kappa shape index (κ1) is 13.1. The van der Waals surface area contributed by atoms with Gasteiger partial charge in [-0.25, -0.2) is 0 Å². The lowest BCUT2D eigenvalue weighted by Crippen LogP contribution is -2.25. The second-order valence-corrected chi connectivity index (χ2v) is 5.12. The van der Waals surface area contributed by atoms with Crippen LogP contribution in [0.25, 0.3) is 0 Å². The van der Waals surface area contributed by atoms with E-state index in [2.05, 4.69) is 20.8 Å². The summed E-state index contributed by atoms with van der Waals surface area (Å²) in [7, 11) is -0.222. The quantitative estimate of drug-likeness (QED) is 0.421. The van der Waals surface area contributed by atoms with Gasteiger partial charge in [-0.15, -0.1) is 0 Å². The molecule has 0 bridgehead atoms. The number of ether oxygens (including phenoxy) is 2. The van der Waals surface area contributed by atoms with Crippen LogP contribution in [0.1, 0.15) is 33.1 Å². The normalized spacial score (nSPS) is 12.0. The lowest BCUT2D eigenvalue weighted by molar-refractivity contribution is -0.0904. The fourth-order valence-electron chi connectivity index (χ4n) is 1.02. The van der Waals surface area contributed by atoms with Crippen LogP contribution in [0, 0.1) is 6.92 Å². The predicted octanol–water partition coefficient (Wildman–Crippen LogP) is 1.93. The van der Waals surface area contributed by atoms with Crippen molar-refractivity contribution in [3.63, 3.8) is 0 Å². The Bertz CT molecular complexity index is 79.9. The summed E-state index contributed by atoms with van der Waals surface area (Å²) in [4.78, 5) is 0. The minimum Gasteiger partial charge on any atom is -0.357 e. The van der Waals surface area contributed by atoms with Gasteiger partial charge in [0, 0.05) is 13.2 Å². The van der Waals surface area contributed by atoms with E-state index in [4.69, 9.17) is 9.47 Å². The molecule has 0 aromatic carbocycles. The predicted molar refractivity (Wildman–Crippen MR) is 59.6 cm³/mol. The van der Waals surface area contributed by atoms with Crippen molar-refractivity contribution in [1.29, 1.82) is 0 Å². The fraction of sp³-hybridized carbons (Fsp3) is 0.900. The highest BCUT2D eigenvalue weighted by Crippen LogP contribution is 2.00. The zero-order chi connectivity index (χ0) is 9.94. The zero-order valence-electron chi connectivity index (χ0n) is 9.05. The molecule has 0 fully saturated rings. The number of hydrogen-bond acceptors (Lipinski definition) is 2. The van der Waals surface area contributed by atoms with E-state index >= 15 is 0 Å². The van der Waals surface area contributed by atoms with Gasteiger partial charge in [-0.2, -0.15) is 0 Å². The minimum absolute atomic E-state index is 0.140. The first-order chi connectivity index (χ1) is 6.35. The van der Waals surface area contributed by atoms with E-state index < -0.39 is 0 Å². The van der Waals surface area contributed by atoms with Crippen LogP contribution < -0.4 is 0 Å². The first-order valence-electron chi connectivity index (χ1n) is 5.37. The average Bonchev–Trinajstić information content (AvgIpc) is 2.17. The Balaban J connectivity index is 3.47. The van der Waals surface area contributed by atoms with E-state index in [9.17, 15) is 0 Å². The van der Waals surface area contributed by atoms with Gasteiger partial charge in [0.25, 0.3) is 0 Å². The van der Waals surface area contributed by atoms with Crippen LogP contribution in [-0.4, -0.2) is 28.6 Å². The molecule has 0 aromatic heterocycles. The summed E-state index contributed by atoms with van der Waals surface area (Å²) in [5.74, 6) is 0.140. The van der Waals surface area contributed by atoms with Crippen molar-refractivity contribution in [1.82, 2.24) is 0 Å². The van der Waals surface area contributed by atoms with Gasteiger partial charge in [-0.1, -0.05) is 33.2 Å². The van der Waals surface area contributed by atoms with Crippen LogP contribution in [0.5, 0.6) is 0 Å². The molecule has 0 aliphatic carbocycles. The second kappa shape index (κ2) is 10.2. The third kappa shape index (κ3) is 8.47. The summed E-state index contributed by atoms with van der Waals surface area (Å²) < 4.78 is 11.2. The lowest BCUT2D eigenvalue weighted by Gasteiger charge is -2.17. The molecule has 1 radical (unpaired) electrons. The van der Waals surface area contributed by atoms with Gasteiger partial charge < -0.3 is 9.47 Å². The zero-order valence-corrected chi connectivity index (χ0v) is 10.5. The van der Waals surface area contributed by atoms with E-state index in [0.717, 1.165) is 32.5 Å². The van der Waals surface area contributed by atoms with Crippen molar-refractivity contribution in [3.8, 4) is 0 Å². The third-order valence-electron chi connectivity index (χ3n) is 1.71. The molecule has 0 atom stereocenters. The van der Waals surface area contributed by atoms with E-state index in [-0.39, 0.29) is 15.4 Å². The molecule has 0 aliphatic heterocycles. The van der Waals surface area contributed by atoms with Gasteiger partial charge in [-0.3, -0.25) is 0 Å². The third-order valence-corrected chi connectivity index (χ3v) is 3.56. The minimum atomic E-state index is -0.222. The molecular formula is C10H23O2Si. The fourth-order valence-corrected chi connectivity index (χ4v) is 2.31. The molecule has 79 valence electrons. The Morgan fingerprint density at radius 2 is 1.69 bits per heavy atom. The van der Waals surface area contributed by atoms with Crippen LogP contribution >= 0.6 is 0 Å². The summed E-state index contributed by atoms with van der Waals surface area (Å²) in [5.41, 5.74) is 0. The molecule has 0 aliphatic rings. The molecule has 0 unspecified atom stereocenters. The molecule has 0 heterocycles. The monoisotopic (exact) mass is 203 g/mol. The van der Waals surface area contributed by atoms with Crippen molar-refractivity contribution < 1.29 is 9.47 Å². The van der Waals surface area contributed by atoms with E-state index in [1.54, 1.807) is 0 Å². The highest BCUT2D eigenvalue weighted by atomic mass is 28.2. The molecule has 0 aromatic rings. The van der Waals surface area contributed by atoms with Crippen LogP contribution in [0.15, 0.2) is 0 Å². The molecule has 0 amide bonds. The number of hydrogen-bond donors (Lipinski definition) is 0. The Morgan fingerprint density at radius 1 is 1.15 bits per heavy atom. The molecule has 0 saturated heterocycles. The summed E-state index contributed by atoms with van der Waals surface area (Å²) >= 11 is 0. The van der Waals surface area contributed by atoms with Crippen LogP contribution in [-0.2, 0) is 9.47 Å². The van der Waals surface area contributed by atoms with Gasteiger partial charge in [0.2, 0.25) is 0 Å². The Labute approximate surface area is 84.8 Å². The molecular weight excluding hydrogens is 180 g/mol. The van der Waals surface area contributed by atoms with Crippen molar-refractivity contribution in [3.05, 3.63) is 6.92 Å². The second-order valence-electron chi connectivity index (χ2n) is 3.17. The topological polar surface area (TPSA) is 18.5 Å². The van der Waals surface area contributed by atoms with E-state index in [0.29, 0.717) is 0 Å². The molecule has 0 rings (SSSR count). The van der Waals surface area contributed by atoms with Crippen molar-refractivity contribution in [2.45, 2.75) is 45.1 Å². The summed E-state index contributed by atoms with van der Waals surface area (Å²) in [6.45, 7) is 9.76.